The number of hydrogen-bond donors (Lipinski definition) is 1. The highest BCUT2D eigenvalue weighted by Gasteiger charge is 2.27. The van der Waals surface area contributed by atoms with Gasteiger partial charge in [-0.1, -0.05) is 27.2 Å². The van der Waals surface area contributed by atoms with Crippen molar-refractivity contribution >= 4 is 6.09 Å². The average molecular weight is 228 g/mol. The summed E-state index contributed by atoms with van der Waals surface area (Å²) in [6.45, 7) is 8.86. The smallest absolute Gasteiger partial charge is 0.421 e. The number of carbonyl (C=O) groups is 1. The Kier molecular flexibility index (Phi) is 5.06. The molecule has 1 rings (SSSR count). The molecule has 1 amide bonds. The molecule has 94 valence electrons. The number of piperidine rings is 1. The van der Waals surface area contributed by atoms with Gasteiger partial charge in [-0.3, -0.25) is 5.43 Å². The fourth-order valence-corrected chi connectivity index (χ4v) is 1.99. The van der Waals surface area contributed by atoms with Crippen molar-refractivity contribution in [3.63, 3.8) is 0 Å². The first-order valence-corrected chi connectivity index (χ1v) is 6.22. The molecule has 1 aliphatic rings. The Morgan fingerprint density at radius 2 is 2.25 bits per heavy atom. The van der Waals surface area contributed by atoms with E-state index < -0.39 is 0 Å². The Hall–Kier alpha value is -0.770. The third-order valence-electron chi connectivity index (χ3n) is 2.88. The van der Waals surface area contributed by atoms with Crippen molar-refractivity contribution in [3.8, 4) is 0 Å². The summed E-state index contributed by atoms with van der Waals surface area (Å²) in [5.74, 6) is 0. The molecule has 0 unspecified atom stereocenters. The number of nitrogens with zero attached hydrogens (tertiary/aromatic N) is 1. The summed E-state index contributed by atoms with van der Waals surface area (Å²) in [5, 5.41) is 1.97. The van der Waals surface area contributed by atoms with Gasteiger partial charge in [-0.2, -0.15) is 0 Å². The lowest BCUT2D eigenvalue weighted by molar-refractivity contribution is 0.0556. The molecule has 1 N–H and O–H groups in total. The largest absolute Gasteiger partial charge is 0.449 e. The number of ether oxygens (including phenoxy) is 1. The van der Waals surface area contributed by atoms with E-state index in [1.807, 2.05) is 5.01 Å². The maximum Gasteiger partial charge on any atom is 0.421 e. The minimum Gasteiger partial charge on any atom is -0.449 e. The van der Waals surface area contributed by atoms with Gasteiger partial charge in [-0.15, -0.1) is 0 Å². The number of carbonyl (C=O) groups excluding carboxylic acids is 1. The van der Waals surface area contributed by atoms with Gasteiger partial charge in [0.2, 0.25) is 0 Å². The monoisotopic (exact) mass is 228 g/mol. The Balaban J connectivity index is 2.23. The molecule has 0 aliphatic carbocycles. The first kappa shape index (κ1) is 13.3. The second kappa shape index (κ2) is 6.09. The van der Waals surface area contributed by atoms with Crippen LogP contribution in [0.1, 0.15) is 46.5 Å². The van der Waals surface area contributed by atoms with Gasteiger partial charge >= 0.3 is 6.09 Å². The molecule has 0 aromatic heterocycles. The number of amides is 1. The number of rotatable bonds is 4. The van der Waals surface area contributed by atoms with Crippen molar-refractivity contribution in [1.29, 1.82) is 0 Å². The molecular weight excluding hydrogens is 204 g/mol. The van der Waals surface area contributed by atoms with Gasteiger partial charge < -0.3 is 4.74 Å². The molecule has 0 radical (unpaired) electrons. The van der Waals surface area contributed by atoms with E-state index in [9.17, 15) is 4.79 Å². The summed E-state index contributed by atoms with van der Waals surface area (Å²) in [6.07, 6.45) is 4.01. The fraction of sp³-hybridized carbons (Fsp3) is 0.917. The SMILES string of the molecule is CCCCOC(=O)NN1CCCC(C)(C)C1. The maximum atomic E-state index is 11.4. The lowest BCUT2D eigenvalue weighted by atomic mass is 9.85. The zero-order chi connectivity index (χ0) is 12.0. The third-order valence-corrected chi connectivity index (χ3v) is 2.88. The minimum absolute atomic E-state index is 0.287. The van der Waals surface area contributed by atoms with Gasteiger partial charge in [0.25, 0.3) is 0 Å². The highest BCUT2D eigenvalue weighted by Crippen LogP contribution is 2.27. The van der Waals surface area contributed by atoms with Crippen LogP contribution in [0.2, 0.25) is 0 Å². The van der Waals surface area contributed by atoms with E-state index in [0.717, 1.165) is 32.4 Å². The number of hydrogen-bond acceptors (Lipinski definition) is 3. The molecule has 16 heavy (non-hydrogen) atoms. The lowest BCUT2D eigenvalue weighted by Crippen LogP contribution is -2.50. The third kappa shape index (κ3) is 4.84. The van der Waals surface area contributed by atoms with Gasteiger partial charge in [-0.25, -0.2) is 9.80 Å². The molecule has 4 heteroatoms. The summed E-state index contributed by atoms with van der Waals surface area (Å²) in [5.41, 5.74) is 3.09. The van der Waals surface area contributed by atoms with Gasteiger partial charge in [0, 0.05) is 13.1 Å². The summed E-state index contributed by atoms with van der Waals surface area (Å²) in [7, 11) is 0. The predicted octanol–water partition coefficient (Wildman–Crippen LogP) is 2.55. The Labute approximate surface area is 98.3 Å². The quantitative estimate of drug-likeness (QED) is 0.752. The highest BCUT2D eigenvalue weighted by atomic mass is 16.6. The zero-order valence-corrected chi connectivity index (χ0v) is 10.7. The first-order valence-electron chi connectivity index (χ1n) is 6.22. The molecule has 0 aromatic rings. The summed E-state index contributed by atoms with van der Waals surface area (Å²) in [6, 6.07) is 0. The van der Waals surface area contributed by atoms with Crippen molar-refractivity contribution in [2.75, 3.05) is 19.7 Å². The van der Waals surface area contributed by atoms with E-state index in [0.29, 0.717) is 6.61 Å². The van der Waals surface area contributed by atoms with Crippen LogP contribution in [-0.4, -0.2) is 30.8 Å². The van der Waals surface area contributed by atoms with Crippen LogP contribution in [0.3, 0.4) is 0 Å². The number of hydrazine groups is 1. The van der Waals surface area contributed by atoms with E-state index in [1.165, 1.54) is 6.42 Å². The summed E-state index contributed by atoms with van der Waals surface area (Å²) in [4.78, 5) is 11.4. The molecule has 0 bridgehead atoms. The molecular formula is C12H24N2O2. The van der Waals surface area contributed by atoms with Gasteiger partial charge in [0.1, 0.15) is 0 Å². The van der Waals surface area contributed by atoms with Crippen LogP contribution < -0.4 is 5.43 Å². The van der Waals surface area contributed by atoms with Crippen LogP contribution in [0.4, 0.5) is 4.79 Å². The summed E-state index contributed by atoms with van der Waals surface area (Å²) < 4.78 is 5.06. The van der Waals surface area contributed by atoms with Crippen LogP contribution in [0, 0.1) is 5.41 Å². The van der Waals surface area contributed by atoms with Gasteiger partial charge in [0.15, 0.2) is 0 Å². The summed E-state index contributed by atoms with van der Waals surface area (Å²) >= 11 is 0. The van der Waals surface area contributed by atoms with E-state index in [2.05, 4.69) is 26.2 Å². The second-order valence-corrected chi connectivity index (χ2v) is 5.29. The Morgan fingerprint density at radius 3 is 2.88 bits per heavy atom. The molecule has 1 fully saturated rings. The molecule has 0 atom stereocenters. The first-order chi connectivity index (χ1) is 7.53. The standard InChI is InChI=1S/C12H24N2O2/c1-4-5-9-16-11(15)13-14-8-6-7-12(2,3)10-14/h4-10H2,1-3H3,(H,13,15). The molecule has 0 spiro atoms. The van der Waals surface area contributed by atoms with E-state index in [1.54, 1.807) is 0 Å². The van der Waals surface area contributed by atoms with Crippen LogP contribution in [0.25, 0.3) is 0 Å². The predicted molar refractivity (Wildman–Crippen MR) is 64.0 cm³/mol. The lowest BCUT2D eigenvalue weighted by Gasteiger charge is -2.37. The van der Waals surface area contributed by atoms with E-state index in [4.69, 9.17) is 4.74 Å². The van der Waals surface area contributed by atoms with E-state index >= 15 is 0 Å². The van der Waals surface area contributed by atoms with E-state index in [-0.39, 0.29) is 11.5 Å². The molecule has 1 heterocycles. The molecule has 4 nitrogen and oxygen atoms in total. The maximum absolute atomic E-state index is 11.4. The Bertz CT molecular complexity index is 229. The fourth-order valence-electron chi connectivity index (χ4n) is 1.99. The molecule has 1 aliphatic heterocycles. The van der Waals surface area contributed by atoms with Crippen molar-refractivity contribution in [2.45, 2.75) is 46.5 Å². The zero-order valence-electron chi connectivity index (χ0n) is 10.7. The average Bonchev–Trinajstić information content (AvgIpc) is 2.16. The van der Waals surface area contributed by atoms with Crippen molar-refractivity contribution < 1.29 is 9.53 Å². The number of nitrogens with one attached hydrogen (secondary N) is 1. The van der Waals surface area contributed by atoms with Gasteiger partial charge in [-0.05, 0) is 24.7 Å². The normalized spacial score (nSPS) is 20.4. The molecule has 1 saturated heterocycles. The highest BCUT2D eigenvalue weighted by molar-refractivity contribution is 5.66. The topological polar surface area (TPSA) is 41.6 Å². The minimum atomic E-state index is -0.314. The van der Waals surface area contributed by atoms with Crippen LogP contribution in [0.5, 0.6) is 0 Å². The second-order valence-electron chi connectivity index (χ2n) is 5.29. The van der Waals surface area contributed by atoms with Crippen LogP contribution in [-0.2, 0) is 4.74 Å². The molecule has 0 saturated carbocycles. The molecule has 0 aromatic carbocycles. The Morgan fingerprint density at radius 1 is 1.50 bits per heavy atom. The van der Waals surface area contributed by atoms with Gasteiger partial charge in [0.05, 0.1) is 6.61 Å². The van der Waals surface area contributed by atoms with Crippen molar-refractivity contribution in [1.82, 2.24) is 10.4 Å². The van der Waals surface area contributed by atoms with Crippen molar-refractivity contribution in [3.05, 3.63) is 0 Å². The van der Waals surface area contributed by atoms with Crippen LogP contribution in [0.15, 0.2) is 0 Å². The van der Waals surface area contributed by atoms with Crippen molar-refractivity contribution in [2.24, 2.45) is 5.41 Å². The van der Waals surface area contributed by atoms with Crippen LogP contribution >= 0.6 is 0 Å². The number of unbranched alkanes of at least 4 members (excludes halogenated alkanes) is 1.